The van der Waals surface area contributed by atoms with E-state index in [-0.39, 0.29) is 22.1 Å². The van der Waals surface area contributed by atoms with Crippen LogP contribution in [0.5, 0.6) is 5.75 Å². The fourth-order valence-corrected chi connectivity index (χ4v) is 4.75. The molecule has 0 aromatic heterocycles. The van der Waals surface area contributed by atoms with Crippen LogP contribution in [0.4, 0.5) is 11.4 Å². The Bertz CT molecular complexity index is 1220. The van der Waals surface area contributed by atoms with Crippen molar-refractivity contribution in [2.75, 3.05) is 23.0 Å². The van der Waals surface area contributed by atoms with Crippen LogP contribution in [-0.4, -0.2) is 32.6 Å². The van der Waals surface area contributed by atoms with Crippen LogP contribution in [0.2, 0.25) is 0 Å². The summed E-state index contributed by atoms with van der Waals surface area (Å²) < 4.78 is 30.4. The lowest BCUT2D eigenvalue weighted by Crippen LogP contribution is -2.18. The second-order valence-corrected chi connectivity index (χ2v) is 9.34. The van der Waals surface area contributed by atoms with Gasteiger partial charge in [0.05, 0.1) is 22.8 Å². The second kappa shape index (κ2) is 10.8. The number of amides is 2. The molecule has 3 aromatic carbocycles. The van der Waals surface area contributed by atoms with Gasteiger partial charge in [0.15, 0.2) is 9.84 Å². The SMILES string of the molecule is CCCS(=O)(=O)c1ccccc1C(=O)Nc1ccc(C(=O)Nc2ccc(OCC)cc2)cc1. The minimum absolute atomic E-state index is 0.00991. The molecule has 0 fully saturated rings. The molecule has 0 atom stereocenters. The summed E-state index contributed by atoms with van der Waals surface area (Å²) >= 11 is 0. The van der Waals surface area contributed by atoms with Gasteiger partial charge in [0, 0.05) is 16.9 Å². The maximum atomic E-state index is 12.8. The van der Waals surface area contributed by atoms with Gasteiger partial charge < -0.3 is 15.4 Å². The average molecular weight is 467 g/mol. The first-order valence-corrected chi connectivity index (χ1v) is 12.3. The number of carbonyl (C=O) groups excluding carboxylic acids is 2. The van der Waals surface area contributed by atoms with E-state index in [2.05, 4.69) is 10.6 Å². The van der Waals surface area contributed by atoms with Gasteiger partial charge in [-0.15, -0.1) is 0 Å². The Morgan fingerprint density at radius 3 is 1.97 bits per heavy atom. The van der Waals surface area contributed by atoms with Crippen molar-refractivity contribution in [3.63, 3.8) is 0 Å². The predicted molar refractivity (Wildman–Crippen MR) is 129 cm³/mol. The molecule has 0 saturated heterocycles. The van der Waals surface area contributed by atoms with Crippen LogP contribution in [0.15, 0.2) is 77.7 Å². The summed E-state index contributed by atoms with van der Waals surface area (Å²) in [4.78, 5) is 25.3. The van der Waals surface area contributed by atoms with Gasteiger partial charge in [-0.25, -0.2) is 8.42 Å². The van der Waals surface area contributed by atoms with Crippen LogP contribution in [0.25, 0.3) is 0 Å². The number of hydrogen-bond acceptors (Lipinski definition) is 5. The highest BCUT2D eigenvalue weighted by Gasteiger charge is 2.21. The Kier molecular flexibility index (Phi) is 7.84. The highest BCUT2D eigenvalue weighted by atomic mass is 32.2. The summed E-state index contributed by atoms with van der Waals surface area (Å²) in [5, 5.41) is 5.50. The van der Waals surface area contributed by atoms with Gasteiger partial charge in [0.2, 0.25) is 0 Å². The van der Waals surface area contributed by atoms with Crippen LogP contribution in [-0.2, 0) is 9.84 Å². The normalized spacial score (nSPS) is 11.0. The van der Waals surface area contributed by atoms with Gasteiger partial charge in [-0.1, -0.05) is 19.1 Å². The quantitative estimate of drug-likeness (QED) is 0.473. The maximum absolute atomic E-state index is 12.8. The number of ether oxygens (including phenoxy) is 1. The largest absolute Gasteiger partial charge is 0.494 e. The van der Waals surface area contributed by atoms with Crippen molar-refractivity contribution in [3.8, 4) is 5.75 Å². The van der Waals surface area contributed by atoms with E-state index >= 15 is 0 Å². The van der Waals surface area contributed by atoms with E-state index in [1.54, 1.807) is 67.6 Å². The molecule has 172 valence electrons. The van der Waals surface area contributed by atoms with Crippen molar-refractivity contribution < 1.29 is 22.7 Å². The lowest BCUT2D eigenvalue weighted by Gasteiger charge is -2.11. The molecule has 0 aliphatic rings. The molecule has 0 spiro atoms. The predicted octanol–water partition coefficient (Wildman–Crippen LogP) is 4.77. The molecule has 0 aliphatic carbocycles. The number of nitrogens with one attached hydrogen (secondary N) is 2. The van der Waals surface area contributed by atoms with Crippen molar-refractivity contribution in [3.05, 3.63) is 83.9 Å². The summed E-state index contributed by atoms with van der Waals surface area (Å²) in [6.45, 7) is 4.23. The zero-order valence-corrected chi connectivity index (χ0v) is 19.3. The van der Waals surface area contributed by atoms with Crippen LogP contribution < -0.4 is 15.4 Å². The van der Waals surface area contributed by atoms with Gasteiger partial charge in [-0.2, -0.15) is 0 Å². The first-order chi connectivity index (χ1) is 15.8. The Morgan fingerprint density at radius 1 is 0.788 bits per heavy atom. The number of benzene rings is 3. The van der Waals surface area contributed by atoms with Gasteiger partial charge in [0.25, 0.3) is 11.8 Å². The number of carbonyl (C=O) groups is 2. The number of rotatable bonds is 9. The fraction of sp³-hybridized carbons (Fsp3) is 0.200. The number of hydrogen-bond donors (Lipinski definition) is 2. The van der Waals surface area contributed by atoms with E-state index < -0.39 is 15.7 Å². The number of anilines is 2. The standard InChI is InChI=1S/C25H26N2O5S/c1-3-17-33(30,31)23-8-6-5-7-22(23)25(29)27-19-11-9-18(10-12-19)24(28)26-20-13-15-21(16-14-20)32-4-2/h5-16H,3-4,17H2,1-2H3,(H,26,28)(H,27,29). The molecular formula is C25H26N2O5S. The molecule has 7 nitrogen and oxygen atoms in total. The summed E-state index contributed by atoms with van der Waals surface area (Å²) in [5.74, 6) is -0.139. The lowest BCUT2D eigenvalue weighted by molar-refractivity contribution is 0.101. The van der Waals surface area contributed by atoms with Crippen LogP contribution in [0, 0.1) is 0 Å². The van der Waals surface area contributed by atoms with Crippen LogP contribution >= 0.6 is 0 Å². The average Bonchev–Trinajstić information content (AvgIpc) is 2.81. The molecule has 3 rings (SSSR count). The highest BCUT2D eigenvalue weighted by molar-refractivity contribution is 7.91. The summed E-state index contributed by atoms with van der Waals surface area (Å²) in [6, 6.07) is 19.5. The third-order valence-corrected chi connectivity index (χ3v) is 6.74. The molecule has 0 unspecified atom stereocenters. The van der Waals surface area contributed by atoms with Crippen molar-refractivity contribution in [1.29, 1.82) is 0 Å². The molecule has 0 aliphatic heterocycles. The maximum Gasteiger partial charge on any atom is 0.256 e. The van der Waals surface area contributed by atoms with Crippen molar-refractivity contribution >= 4 is 33.0 Å². The van der Waals surface area contributed by atoms with Gasteiger partial charge in [-0.3, -0.25) is 9.59 Å². The molecule has 0 saturated carbocycles. The summed E-state index contributed by atoms with van der Waals surface area (Å²) in [6.07, 6.45) is 0.457. The Labute approximate surface area is 193 Å². The van der Waals surface area contributed by atoms with Crippen molar-refractivity contribution in [1.82, 2.24) is 0 Å². The van der Waals surface area contributed by atoms with E-state index in [1.165, 1.54) is 12.1 Å². The van der Waals surface area contributed by atoms with E-state index in [4.69, 9.17) is 4.74 Å². The van der Waals surface area contributed by atoms with E-state index in [1.807, 2.05) is 6.92 Å². The van der Waals surface area contributed by atoms with Crippen LogP contribution in [0.3, 0.4) is 0 Å². The molecule has 3 aromatic rings. The zero-order chi connectivity index (χ0) is 23.8. The van der Waals surface area contributed by atoms with E-state index in [0.717, 1.165) is 5.75 Å². The Hall–Kier alpha value is -3.65. The molecular weight excluding hydrogens is 440 g/mol. The topological polar surface area (TPSA) is 102 Å². The molecule has 0 bridgehead atoms. The minimum atomic E-state index is -3.55. The molecule has 2 amide bonds. The van der Waals surface area contributed by atoms with Gasteiger partial charge in [0.1, 0.15) is 5.75 Å². The van der Waals surface area contributed by atoms with Crippen molar-refractivity contribution in [2.45, 2.75) is 25.2 Å². The van der Waals surface area contributed by atoms with E-state index in [0.29, 0.717) is 30.0 Å². The van der Waals surface area contributed by atoms with Crippen molar-refractivity contribution in [2.24, 2.45) is 0 Å². The number of sulfone groups is 1. The van der Waals surface area contributed by atoms with E-state index in [9.17, 15) is 18.0 Å². The molecule has 0 heterocycles. The molecule has 33 heavy (non-hydrogen) atoms. The molecule has 2 N–H and O–H groups in total. The van der Waals surface area contributed by atoms with Gasteiger partial charge >= 0.3 is 0 Å². The second-order valence-electron chi connectivity index (χ2n) is 7.26. The molecule has 8 heteroatoms. The first-order valence-electron chi connectivity index (χ1n) is 10.6. The Morgan fingerprint density at radius 2 is 1.36 bits per heavy atom. The third kappa shape index (κ3) is 6.20. The summed E-state index contributed by atoms with van der Waals surface area (Å²) in [7, 11) is -3.55. The summed E-state index contributed by atoms with van der Waals surface area (Å²) in [5.41, 5.74) is 1.57. The third-order valence-electron chi connectivity index (χ3n) is 4.77. The van der Waals surface area contributed by atoms with Crippen LogP contribution in [0.1, 0.15) is 41.0 Å². The zero-order valence-electron chi connectivity index (χ0n) is 18.5. The Balaban J connectivity index is 1.69. The lowest BCUT2D eigenvalue weighted by atomic mass is 10.1. The molecule has 0 radical (unpaired) electrons. The fourth-order valence-electron chi connectivity index (χ4n) is 3.21. The smallest absolute Gasteiger partial charge is 0.256 e. The van der Waals surface area contributed by atoms with Gasteiger partial charge in [-0.05, 0) is 74.0 Å². The minimum Gasteiger partial charge on any atom is -0.494 e. The first kappa shape index (κ1) is 24.0. The monoisotopic (exact) mass is 466 g/mol. The highest BCUT2D eigenvalue weighted by Crippen LogP contribution is 2.21.